The van der Waals surface area contributed by atoms with Crippen molar-refractivity contribution in [3.8, 4) is 17.0 Å². The second-order valence-electron chi connectivity index (χ2n) is 7.63. The molecule has 0 bridgehead atoms. The summed E-state index contributed by atoms with van der Waals surface area (Å²) in [4.78, 5) is 14.4. The lowest BCUT2D eigenvalue weighted by Gasteiger charge is -2.10. The van der Waals surface area contributed by atoms with E-state index in [1.54, 1.807) is 36.4 Å². The lowest BCUT2D eigenvalue weighted by atomic mass is 10.1. The maximum atomic E-state index is 12.0. The van der Waals surface area contributed by atoms with E-state index in [0.717, 1.165) is 11.6 Å². The largest absolute Gasteiger partial charge is 0.493 e. The molecule has 0 radical (unpaired) electrons. The van der Waals surface area contributed by atoms with E-state index in [4.69, 9.17) is 10.6 Å². The van der Waals surface area contributed by atoms with E-state index in [2.05, 4.69) is 30.7 Å². The predicted molar refractivity (Wildman–Crippen MR) is 137 cm³/mol. The van der Waals surface area contributed by atoms with Crippen molar-refractivity contribution in [1.29, 1.82) is 0 Å². The van der Waals surface area contributed by atoms with E-state index in [0.29, 0.717) is 35.5 Å². The monoisotopic (exact) mass is 519 g/mol. The molecule has 37 heavy (non-hydrogen) atoms. The highest BCUT2D eigenvalue weighted by Crippen LogP contribution is 2.41. The molecule has 3 aromatic carbocycles. The molecule has 0 aliphatic rings. The van der Waals surface area contributed by atoms with Crippen LogP contribution in [0.4, 0.5) is 17.1 Å². The highest BCUT2D eigenvalue weighted by molar-refractivity contribution is 7.86. The molecule has 0 aliphatic heterocycles. The van der Waals surface area contributed by atoms with E-state index in [-0.39, 0.29) is 28.2 Å². The van der Waals surface area contributed by atoms with Crippen LogP contribution in [-0.2, 0) is 10.1 Å². The Balaban J connectivity index is 1.66. The van der Waals surface area contributed by atoms with Crippen molar-refractivity contribution in [3.63, 3.8) is 0 Å². The van der Waals surface area contributed by atoms with Gasteiger partial charge in [0.05, 0.1) is 25.0 Å². The minimum Gasteiger partial charge on any atom is -0.493 e. The Labute approximate surface area is 211 Å². The van der Waals surface area contributed by atoms with E-state index in [9.17, 15) is 17.9 Å². The number of aromatic nitrogens is 1. The molecular formula is C24H21N7O5S. The fraction of sp³-hybridized carbons (Fsp3) is 0.125. The quantitative estimate of drug-likeness (QED) is 0.0637. The predicted octanol–water partition coefficient (Wildman–Crippen LogP) is 6.06. The van der Waals surface area contributed by atoms with Crippen LogP contribution in [-0.4, -0.2) is 31.1 Å². The number of pyridine rings is 1. The van der Waals surface area contributed by atoms with Crippen molar-refractivity contribution in [2.45, 2.75) is 11.3 Å². The second kappa shape index (κ2) is 11.4. The zero-order chi connectivity index (χ0) is 26.3. The maximum absolute atomic E-state index is 12.0. The normalized spacial score (nSPS) is 11.9. The summed E-state index contributed by atoms with van der Waals surface area (Å²) < 4.78 is 39.5. The SMILES string of the molecule is NN=Nc1c(/N=N/c2ccc(-c3ccccc3OCCCN=O)nc2)cc(S(=O)(=O)O)c2ccccc12. The maximum Gasteiger partial charge on any atom is 0.295 e. The Morgan fingerprint density at radius 2 is 1.70 bits per heavy atom. The third-order valence-corrected chi connectivity index (χ3v) is 6.12. The molecule has 12 nitrogen and oxygen atoms in total. The van der Waals surface area contributed by atoms with Crippen LogP contribution in [0.1, 0.15) is 6.42 Å². The van der Waals surface area contributed by atoms with E-state index >= 15 is 0 Å². The molecule has 1 aromatic heterocycles. The minimum atomic E-state index is -4.57. The first-order chi connectivity index (χ1) is 17.9. The molecular weight excluding hydrogens is 498 g/mol. The van der Waals surface area contributed by atoms with Gasteiger partial charge in [-0.05, 0) is 30.3 Å². The average Bonchev–Trinajstić information content (AvgIpc) is 2.90. The second-order valence-corrected chi connectivity index (χ2v) is 9.02. The van der Waals surface area contributed by atoms with Gasteiger partial charge in [-0.25, -0.2) is 0 Å². The average molecular weight is 520 g/mol. The molecule has 4 aromatic rings. The van der Waals surface area contributed by atoms with Gasteiger partial charge in [0.1, 0.15) is 27.7 Å². The molecule has 0 unspecified atom stereocenters. The molecule has 4 rings (SSSR count). The molecule has 188 valence electrons. The van der Waals surface area contributed by atoms with Gasteiger partial charge in [0.15, 0.2) is 0 Å². The standard InChI is InChI=1S/C24H21N7O5S/c25-31-30-24-18-7-2-1-6-17(18)23(37(33,34)35)14-21(24)29-28-16-10-11-20(26-15-16)19-8-3-4-9-22(19)36-13-5-12-27-32/h1-4,6-11,14-15H,5,12-13H2,(H2,25,30)(H,33,34,35)/b29-28+. The fourth-order valence-corrected chi connectivity index (χ4v) is 4.31. The van der Waals surface area contributed by atoms with Crippen molar-refractivity contribution < 1.29 is 17.7 Å². The zero-order valence-electron chi connectivity index (χ0n) is 19.3. The number of azo groups is 1. The number of nitrogens with zero attached hydrogens (tertiary/aromatic N) is 6. The van der Waals surface area contributed by atoms with E-state index in [1.165, 1.54) is 12.3 Å². The molecule has 1 heterocycles. The molecule has 3 N–H and O–H groups in total. The number of fused-ring (bicyclic) bond motifs is 1. The molecule has 0 spiro atoms. The van der Waals surface area contributed by atoms with Crippen LogP contribution in [0.25, 0.3) is 22.0 Å². The summed E-state index contributed by atoms with van der Waals surface area (Å²) in [5.74, 6) is 5.87. The third kappa shape index (κ3) is 5.97. The molecule has 0 atom stereocenters. The van der Waals surface area contributed by atoms with Crippen molar-refractivity contribution in [2.75, 3.05) is 13.2 Å². The van der Waals surface area contributed by atoms with Crippen LogP contribution >= 0.6 is 0 Å². The van der Waals surface area contributed by atoms with Gasteiger partial charge < -0.3 is 10.6 Å². The highest BCUT2D eigenvalue weighted by atomic mass is 32.2. The number of ether oxygens (including phenoxy) is 1. The van der Waals surface area contributed by atoms with Crippen molar-refractivity contribution >= 4 is 38.0 Å². The first-order valence-electron chi connectivity index (χ1n) is 11.0. The van der Waals surface area contributed by atoms with Crippen LogP contribution in [0.3, 0.4) is 0 Å². The smallest absolute Gasteiger partial charge is 0.295 e. The van der Waals surface area contributed by atoms with E-state index in [1.807, 2.05) is 18.2 Å². The van der Waals surface area contributed by atoms with Crippen molar-refractivity contribution in [2.24, 2.45) is 31.6 Å². The summed E-state index contributed by atoms with van der Waals surface area (Å²) in [7, 11) is -4.57. The van der Waals surface area contributed by atoms with Crippen LogP contribution in [0.5, 0.6) is 5.75 Å². The minimum absolute atomic E-state index is 0.0353. The molecule has 0 fully saturated rings. The highest BCUT2D eigenvalue weighted by Gasteiger charge is 2.20. The zero-order valence-corrected chi connectivity index (χ0v) is 20.1. The lowest BCUT2D eigenvalue weighted by molar-refractivity contribution is 0.314. The molecule has 0 saturated carbocycles. The number of para-hydroxylation sites is 1. The number of hydrogen-bond donors (Lipinski definition) is 2. The molecule has 0 aliphatic carbocycles. The van der Waals surface area contributed by atoms with E-state index < -0.39 is 10.1 Å². The summed E-state index contributed by atoms with van der Waals surface area (Å²) >= 11 is 0. The van der Waals surface area contributed by atoms with Crippen LogP contribution < -0.4 is 10.6 Å². The Morgan fingerprint density at radius 3 is 2.41 bits per heavy atom. The summed E-state index contributed by atoms with van der Waals surface area (Å²) in [6.07, 6.45) is 1.99. The summed E-state index contributed by atoms with van der Waals surface area (Å²) in [6, 6.07) is 18.3. The van der Waals surface area contributed by atoms with Gasteiger partial charge >= 0.3 is 0 Å². The molecule has 0 saturated heterocycles. The van der Waals surface area contributed by atoms with Crippen molar-refractivity contribution in [1.82, 2.24) is 4.98 Å². The Hall–Kier alpha value is -4.62. The van der Waals surface area contributed by atoms with Gasteiger partial charge in [-0.2, -0.15) is 13.3 Å². The lowest BCUT2D eigenvalue weighted by Crippen LogP contribution is -2.00. The van der Waals surface area contributed by atoms with Gasteiger partial charge in [0, 0.05) is 22.8 Å². The Morgan fingerprint density at radius 1 is 0.946 bits per heavy atom. The van der Waals surface area contributed by atoms with Gasteiger partial charge in [0.25, 0.3) is 10.1 Å². The number of benzene rings is 3. The Bertz CT molecular complexity index is 1590. The van der Waals surface area contributed by atoms with Crippen LogP contribution in [0.2, 0.25) is 0 Å². The van der Waals surface area contributed by atoms with Gasteiger partial charge in [-0.3, -0.25) is 9.54 Å². The molecule has 0 amide bonds. The fourth-order valence-electron chi connectivity index (χ4n) is 3.60. The number of nitrogens with two attached hydrogens (primary N) is 1. The summed E-state index contributed by atoms with van der Waals surface area (Å²) in [5.41, 5.74) is 1.97. The van der Waals surface area contributed by atoms with Gasteiger partial charge in [-0.1, -0.05) is 46.8 Å². The van der Waals surface area contributed by atoms with Gasteiger partial charge in [-0.15, -0.1) is 15.3 Å². The van der Waals surface area contributed by atoms with Crippen molar-refractivity contribution in [3.05, 3.63) is 77.8 Å². The van der Waals surface area contributed by atoms with Crippen LogP contribution in [0.15, 0.2) is 104 Å². The first-order valence-corrected chi connectivity index (χ1v) is 12.4. The topological polar surface area (TPSA) is 181 Å². The Kier molecular flexibility index (Phi) is 7.86. The van der Waals surface area contributed by atoms with Crippen LogP contribution in [0, 0.1) is 4.91 Å². The number of nitroso groups, excluding NO2 is 1. The van der Waals surface area contributed by atoms with Gasteiger partial charge in [0.2, 0.25) is 0 Å². The number of hydrogen-bond acceptors (Lipinski definition) is 10. The first kappa shape index (κ1) is 25.5. The molecule has 13 heteroatoms. The summed E-state index contributed by atoms with van der Waals surface area (Å²) in [5, 5.41) is 18.9. The number of rotatable bonds is 10. The summed E-state index contributed by atoms with van der Waals surface area (Å²) in [6.45, 7) is 0.520. The third-order valence-electron chi connectivity index (χ3n) is 5.23.